The van der Waals surface area contributed by atoms with E-state index in [-0.39, 0.29) is 0 Å². The summed E-state index contributed by atoms with van der Waals surface area (Å²) < 4.78 is 0. The van der Waals surface area contributed by atoms with Crippen LogP contribution in [0.4, 0.5) is 0 Å². The van der Waals surface area contributed by atoms with Crippen molar-refractivity contribution in [2.75, 3.05) is 6.54 Å². The van der Waals surface area contributed by atoms with E-state index in [1.807, 2.05) is 18.2 Å². The molecule has 110 valence electrons. The topological polar surface area (TPSA) is 105 Å². The average Bonchev–Trinajstić information content (AvgIpc) is 2.93. The molecular formula is C14H19N7. The molecule has 7 nitrogen and oxygen atoms in total. The molecule has 0 amide bonds. The van der Waals surface area contributed by atoms with Crippen LogP contribution in [-0.4, -0.2) is 32.7 Å². The maximum atomic E-state index is 5.83. The lowest BCUT2D eigenvalue weighted by Gasteiger charge is -2.25. The SMILES string of the molecule is NC(=NCc1nc(-c2ccccn2)n[nH]1)NCC1CCC1. The number of hydrogen-bond donors (Lipinski definition) is 3. The minimum absolute atomic E-state index is 0.378. The van der Waals surface area contributed by atoms with Gasteiger partial charge >= 0.3 is 0 Å². The van der Waals surface area contributed by atoms with Crippen LogP contribution in [0.25, 0.3) is 11.5 Å². The molecule has 3 rings (SSSR count). The van der Waals surface area contributed by atoms with Gasteiger partial charge in [-0.1, -0.05) is 12.5 Å². The summed E-state index contributed by atoms with van der Waals surface area (Å²) in [5, 5.41) is 10.1. The summed E-state index contributed by atoms with van der Waals surface area (Å²) in [7, 11) is 0. The van der Waals surface area contributed by atoms with Gasteiger partial charge in [-0.3, -0.25) is 10.1 Å². The number of hydrogen-bond acceptors (Lipinski definition) is 4. The number of nitrogens with one attached hydrogen (secondary N) is 2. The summed E-state index contributed by atoms with van der Waals surface area (Å²) in [4.78, 5) is 12.8. The van der Waals surface area contributed by atoms with Crippen LogP contribution >= 0.6 is 0 Å². The fourth-order valence-electron chi connectivity index (χ4n) is 2.14. The molecule has 1 aliphatic carbocycles. The van der Waals surface area contributed by atoms with Gasteiger partial charge in [-0.15, -0.1) is 0 Å². The van der Waals surface area contributed by atoms with Crippen LogP contribution in [0.15, 0.2) is 29.4 Å². The Balaban J connectivity index is 1.54. The van der Waals surface area contributed by atoms with Crippen molar-refractivity contribution in [3.05, 3.63) is 30.2 Å². The molecule has 0 atom stereocenters. The predicted octanol–water partition coefficient (Wildman–Crippen LogP) is 1.07. The first-order valence-electron chi connectivity index (χ1n) is 7.18. The Morgan fingerprint density at radius 3 is 3.05 bits per heavy atom. The zero-order chi connectivity index (χ0) is 14.5. The molecular weight excluding hydrogens is 266 g/mol. The maximum Gasteiger partial charge on any atom is 0.199 e. The van der Waals surface area contributed by atoms with Gasteiger partial charge in [0.1, 0.15) is 18.1 Å². The molecule has 0 radical (unpaired) electrons. The van der Waals surface area contributed by atoms with E-state index in [0.717, 1.165) is 18.2 Å². The van der Waals surface area contributed by atoms with Crippen molar-refractivity contribution in [3.8, 4) is 11.5 Å². The second kappa shape index (κ2) is 6.34. The van der Waals surface area contributed by atoms with Crippen molar-refractivity contribution in [3.63, 3.8) is 0 Å². The molecule has 0 saturated heterocycles. The lowest BCUT2D eigenvalue weighted by atomic mass is 9.85. The predicted molar refractivity (Wildman–Crippen MR) is 80.3 cm³/mol. The van der Waals surface area contributed by atoms with Crippen molar-refractivity contribution in [1.82, 2.24) is 25.5 Å². The molecule has 21 heavy (non-hydrogen) atoms. The number of aromatic nitrogens is 4. The van der Waals surface area contributed by atoms with Gasteiger partial charge in [0.2, 0.25) is 0 Å². The highest BCUT2D eigenvalue weighted by molar-refractivity contribution is 5.77. The lowest BCUT2D eigenvalue weighted by molar-refractivity contribution is 0.315. The smallest absolute Gasteiger partial charge is 0.199 e. The third-order valence-corrected chi connectivity index (χ3v) is 3.62. The first-order valence-corrected chi connectivity index (χ1v) is 7.18. The van der Waals surface area contributed by atoms with Crippen molar-refractivity contribution in [2.24, 2.45) is 16.6 Å². The second-order valence-electron chi connectivity index (χ2n) is 5.20. The van der Waals surface area contributed by atoms with Gasteiger partial charge in [-0.2, -0.15) is 5.10 Å². The van der Waals surface area contributed by atoms with Crippen LogP contribution in [0.3, 0.4) is 0 Å². The third kappa shape index (κ3) is 3.56. The number of pyridine rings is 1. The van der Waals surface area contributed by atoms with E-state index in [9.17, 15) is 0 Å². The maximum absolute atomic E-state index is 5.83. The summed E-state index contributed by atoms with van der Waals surface area (Å²) in [6.07, 6.45) is 5.62. The van der Waals surface area contributed by atoms with E-state index < -0.39 is 0 Å². The zero-order valence-electron chi connectivity index (χ0n) is 11.8. The van der Waals surface area contributed by atoms with E-state index in [4.69, 9.17) is 5.73 Å². The molecule has 2 heterocycles. The minimum Gasteiger partial charge on any atom is -0.370 e. The van der Waals surface area contributed by atoms with Crippen LogP contribution in [0.2, 0.25) is 0 Å². The number of guanidine groups is 1. The zero-order valence-corrected chi connectivity index (χ0v) is 11.8. The Bertz CT molecular complexity index is 601. The van der Waals surface area contributed by atoms with Crippen molar-refractivity contribution >= 4 is 5.96 Å². The van der Waals surface area contributed by atoms with Crippen LogP contribution < -0.4 is 11.1 Å². The molecule has 0 bridgehead atoms. The van der Waals surface area contributed by atoms with Gasteiger partial charge in [0.15, 0.2) is 11.8 Å². The quantitative estimate of drug-likeness (QED) is 0.563. The normalized spacial score (nSPS) is 15.7. The van der Waals surface area contributed by atoms with E-state index >= 15 is 0 Å². The number of aromatic amines is 1. The Morgan fingerprint density at radius 1 is 1.43 bits per heavy atom. The van der Waals surface area contributed by atoms with Gasteiger partial charge < -0.3 is 11.1 Å². The molecule has 7 heteroatoms. The molecule has 2 aromatic rings. The summed E-state index contributed by atoms with van der Waals surface area (Å²) in [6.45, 7) is 1.29. The van der Waals surface area contributed by atoms with Gasteiger partial charge in [-0.05, 0) is 30.9 Å². The fourth-order valence-corrected chi connectivity index (χ4v) is 2.14. The number of nitrogens with two attached hydrogens (primary N) is 1. The van der Waals surface area contributed by atoms with Crippen LogP contribution in [0, 0.1) is 5.92 Å². The van der Waals surface area contributed by atoms with Gasteiger partial charge in [-0.25, -0.2) is 9.98 Å². The Labute approximate surface area is 123 Å². The second-order valence-corrected chi connectivity index (χ2v) is 5.20. The number of nitrogens with zero attached hydrogens (tertiary/aromatic N) is 4. The first kappa shape index (κ1) is 13.5. The minimum atomic E-state index is 0.378. The number of aliphatic imine (C=N–C) groups is 1. The van der Waals surface area contributed by atoms with Gasteiger partial charge in [0, 0.05) is 12.7 Å². The highest BCUT2D eigenvalue weighted by atomic mass is 15.2. The Kier molecular flexibility index (Phi) is 4.09. The van der Waals surface area contributed by atoms with Crippen LogP contribution in [0.5, 0.6) is 0 Å². The molecule has 0 spiro atoms. The van der Waals surface area contributed by atoms with Crippen LogP contribution in [0.1, 0.15) is 25.1 Å². The molecule has 0 aromatic carbocycles. The monoisotopic (exact) mass is 285 g/mol. The summed E-state index contributed by atoms with van der Waals surface area (Å²) in [6, 6.07) is 5.62. The van der Waals surface area contributed by atoms with E-state index in [0.29, 0.717) is 24.2 Å². The standard InChI is InChI=1S/C14H19N7/c15-14(17-8-10-4-3-5-10)18-9-12-19-13(21-20-12)11-6-1-2-7-16-11/h1-2,6-7,10H,3-5,8-9H2,(H3,15,17,18)(H,19,20,21). The molecule has 1 aliphatic rings. The van der Waals surface area contributed by atoms with E-state index in [2.05, 4.69) is 30.5 Å². The number of rotatable bonds is 5. The van der Waals surface area contributed by atoms with Gasteiger partial charge in [0.25, 0.3) is 0 Å². The summed E-state index contributed by atoms with van der Waals surface area (Å²) >= 11 is 0. The molecule has 0 unspecified atom stereocenters. The largest absolute Gasteiger partial charge is 0.370 e. The lowest BCUT2D eigenvalue weighted by Crippen LogP contribution is -2.37. The van der Waals surface area contributed by atoms with Crippen molar-refractivity contribution in [2.45, 2.75) is 25.8 Å². The average molecular weight is 285 g/mol. The van der Waals surface area contributed by atoms with Crippen molar-refractivity contribution in [1.29, 1.82) is 0 Å². The van der Waals surface area contributed by atoms with E-state index in [1.54, 1.807) is 6.20 Å². The van der Waals surface area contributed by atoms with Crippen molar-refractivity contribution < 1.29 is 0 Å². The van der Waals surface area contributed by atoms with E-state index in [1.165, 1.54) is 19.3 Å². The highest BCUT2D eigenvalue weighted by Gasteiger charge is 2.16. The molecule has 0 aliphatic heterocycles. The Morgan fingerprint density at radius 2 is 2.33 bits per heavy atom. The highest BCUT2D eigenvalue weighted by Crippen LogP contribution is 2.24. The Hall–Kier alpha value is -2.44. The fraction of sp³-hybridized carbons (Fsp3) is 0.429. The third-order valence-electron chi connectivity index (χ3n) is 3.62. The van der Waals surface area contributed by atoms with Gasteiger partial charge in [0.05, 0.1) is 0 Å². The van der Waals surface area contributed by atoms with Crippen LogP contribution in [-0.2, 0) is 6.54 Å². The molecule has 1 fully saturated rings. The molecule has 1 saturated carbocycles. The summed E-state index contributed by atoms with van der Waals surface area (Å²) in [5.74, 6) is 2.45. The molecule has 2 aromatic heterocycles. The summed E-state index contributed by atoms with van der Waals surface area (Å²) in [5.41, 5.74) is 6.57. The molecule has 4 N–H and O–H groups in total. The first-order chi connectivity index (χ1) is 10.3. The number of H-pyrrole nitrogens is 1.